The molecule has 22 heavy (non-hydrogen) atoms. The number of aromatic nitrogens is 2. The van der Waals surface area contributed by atoms with E-state index in [1.807, 2.05) is 0 Å². The Morgan fingerprint density at radius 3 is 2.32 bits per heavy atom. The van der Waals surface area contributed by atoms with Crippen LogP contribution in [0.1, 0.15) is 12.0 Å². The summed E-state index contributed by atoms with van der Waals surface area (Å²) in [6.07, 6.45) is -3.92. The molecule has 0 bridgehead atoms. The fraction of sp³-hybridized carbons (Fsp3) is 0.357. The van der Waals surface area contributed by atoms with Crippen molar-refractivity contribution in [2.45, 2.75) is 12.6 Å². The summed E-state index contributed by atoms with van der Waals surface area (Å²) in [7, 11) is 1.56. The Hall–Kier alpha value is -2.38. The highest BCUT2D eigenvalue weighted by atomic mass is 19.4. The third-order valence-corrected chi connectivity index (χ3v) is 3.39. The number of halogens is 3. The first kappa shape index (κ1) is 14.6. The van der Waals surface area contributed by atoms with E-state index in [0.29, 0.717) is 19.6 Å². The van der Waals surface area contributed by atoms with Crippen molar-refractivity contribution < 1.29 is 22.6 Å². The molecule has 1 aromatic heterocycles. The summed E-state index contributed by atoms with van der Waals surface area (Å²) in [5, 5.41) is 4.02. The van der Waals surface area contributed by atoms with Crippen LogP contribution in [0, 0.1) is 0 Å². The number of rotatable bonds is 1. The Morgan fingerprint density at radius 1 is 1.14 bits per heavy atom. The van der Waals surface area contributed by atoms with Gasteiger partial charge in [0.15, 0.2) is 11.5 Å². The number of aryl methyl sites for hydroxylation is 1. The van der Waals surface area contributed by atoms with Crippen LogP contribution < -0.4 is 15.2 Å². The van der Waals surface area contributed by atoms with Crippen LogP contribution in [-0.4, -0.2) is 23.0 Å². The van der Waals surface area contributed by atoms with Crippen LogP contribution in [-0.2, 0) is 13.2 Å². The third-order valence-electron chi connectivity index (χ3n) is 3.39. The number of anilines is 1. The van der Waals surface area contributed by atoms with Crippen molar-refractivity contribution in [3.05, 3.63) is 23.8 Å². The molecular weight excluding hydrogens is 299 g/mol. The number of ether oxygens (including phenoxy) is 2. The standard InChI is InChI=1S/C14H14F3N3O2/c1-20-13(18)7-10(19-20)8-5-11-12(22-4-2-3-21-11)6-9(8)14(15,16)17/h5-7H,2-4,18H2,1H3. The van der Waals surface area contributed by atoms with E-state index in [4.69, 9.17) is 15.2 Å². The van der Waals surface area contributed by atoms with Crippen LogP contribution >= 0.6 is 0 Å². The van der Waals surface area contributed by atoms with Gasteiger partial charge in [-0.2, -0.15) is 18.3 Å². The van der Waals surface area contributed by atoms with Crippen molar-refractivity contribution in [3.8, 4) is 22.8 Å². The second-order valence-corrected chi connectivity index (χ2v) is 4.97. The lowest BCUT2D eigenvalue weighted by molar-refractivity contribution is -0.137. The Bertz CT molecular complexity index is 691. The van der Waals surface area contributed by atoms with Gasteiger partial charge >= 0.3 is 6.18 Å². The molecule has 0 fully saturated rings. The summed E-state index contributed by atoms with van der Waals surface area (Å²) in [5.74, 6) is 0.650. The Morgan fingerprint density at radius 2 is 1.77 bits per heavy atom. The molecule has 0 aliphatic carbocycles. The van der Waals surface area contributed by atoms with Crippen LogP contribution in [0.25, 0.3) is 11.3 Å². The minimum atomic E-state index is -4.54. The van der Waals surface area contributed by atoms with Gasteiger partial charge < -0.3 is 15.2 Å². The zero-order chi connectivity index (χ0) is 15.9. The van der Waals surface area contributed by atoms with Crippen molar-refractivity contribution in [3.63, 3.8) is 0 Å². The van der Waals surface area contributed by atoms with E-state index in [0.717, 1.165) is 6.07 Å². The lowest BCUT2D eigenvalue weighted by Crippen LogP contribution is -2.08. The number of alkyl halides is 3. The topological polar surface area (TPSA) is 62.3 Å². The fourth-order valence-corrected chi connectivity index (χ4v) is 2.27. The van der Waals surface area contributed by atoms with Gasteiger partial charge in [-0.1, -0.05) is 0 Å². The molecule has 0 saturated heterocycles. The van der Waals surface area contributed by atoms with Crippen LogP contribution in [0.15, 0.2) is 18.2 Å². The maximum absolute atomic E-state index is 13.4. The van der Waals surface area contributed by atoms with Gasteiger partial charge in [-0.3, -0.25) is 4.68 Å². The summed E-state index contributed by atoms with van der Waals surface area (Å²) in [5.41, 5.74) is 4.90. The molecular formula is C14H14F3N3O2. The number of nitrogen functional groups attached to an aromatic ring is 1. The summed E-state index contributed by atoms with van der Waals surface area (Å²) in [6.45, 7) is 0.711. The average molecular weight is 313 g/mol. The largest absolute Gasteiger partial charge is 0.490 e. The molecule has 0 unspecified atom stereocenters. The quantitative estimate of drug-likeness (QED) is 0.879. The second-order valence-electron chi connectivity index (χ2n) is 4.97. The van der Waals surface area contributed by atoms with Gasteiger partial charge in [0.25, 0.3) is 0 Å². The molecule has 8 heteroatoms. The Kier molecular flexibility index (Phi) is 3.38. The van der Waals surface area contributed by atoms with Crippen molar-refractivity contribution in [1.82, 2.24) is 9.78 Å². The molecule has 118 valence electrons. The summed E-state index contributed by atoms with van der Waals surface area (Å²) in [6, 6.07) is 3.67. The average Bonchev–Trinajstić information content (AvgIpc) is 2.65. The summed E-state index contributed by atoms with van der Waals surface area (Å²) in [4.78, 5) is 0. The minimum Gasteiger partial charge on any atom is -0.490 e. The molecule has 1 aromatic carbocycles. The smallest absolute Gasteiger partial charge is 0.417 e. The molecule has 2 heterocycles. The van der Waals surface area contributed by atoms with Gasteiger partial charge in [-0.15, -0.1) is 0 Å². The maximum atomic E-state index is 13.4. The molecule has 3 rings (SSSR count). The Labute approximate surface area is 124 Å². The van der Waals surface area contributed by atoms with Crippen molar-refractivity contribution in [1.29, 1.82) is 0 Å². The zero-order valence-electron chi connectivity index (χ0n) is 11.8. The molecule has 1 aliphatic rings. The van der Waals surface area contributed by atoms with E-state index in [1.165, 1.54) is 16.8 Å². The van der Waals surface area contributed by atoms with E-state index >= 15 is 0 Å². The van der Waals surface area contributed by atoms with E-state index < -0.39 is 11.7 Å². The molecule has 2 aromatic rings. The predicted octanol–water partition coefficient (Wildman–Crippen LogP) is 2.85. The summed E-state index contributed by atoms with van der Waals surface area (Å²) < 4.78 is 52.2. The molecule has 0 saturated carbocycles. The number of hydrogen-bond donors (Lipinski definition) is 1. The van der Waals surface area contributed by atoms with Crippen LogP contribution in [0.2, 0.25) is 0 Å². The lowest BCUT2D eigenvalue weighted by Gasteiger charge is -2.15. The van der Waals surface area contributed by atoms with E-state index in [-0.39, 0.29) is 28.6 Å². The van der Waals surface area contributed by atoms with Gasteiger partial charge in [0, 0.05) is 25.1 Å². The van der Waals surface area contributed by atoms with Crippen LogP contribution in [0.5, 0.6) is 11.5 Å². The van der Waals surface area contributed by atoms with E-state index in [9.17, 15) is 13.2 Å². The first-order valence-electron chi connectivity index (χ1n) is 6.67. The van der Waals surface area contributed by atoms with Gasteiger partial charge in [0.05, 0.1) is 24.5 Å². The highest BCUT2D eigenvalue weighted by Crippen LogP contribution is 2.43. The molecule has 0 radical (unpaired) electrons. The second kappa shape index (κ2) is 5.11. The predicted molar refractivity (Wildman–Crippen MR) is 73.7 cm³/mol. The zero-order valence-corrected chi connectivity index (χ0v) is 11.8. The van der Waals surface area contributed by atoms with Crippen LogP contribution in [0.3, 0.4) is 0 Å². The molecule has 1 aliphatic heterocycles. The number of nitrogens with two attached hydrogens (primary N) is 1. The van der Waals surface area contributed by atoms with Crippen molar-refractivity contribution in [2.75, 3.05) is 18.9 Å². The van der Waals surface area contributed by atoms with Gasteiger partial charge in [0.2, 0.25) is 0 Å². The SMILES string of the molecule is Cn1nc(-c2cc3c(cc2C(F)(F)F)OCCCO3)cc1N. The van der Waals surface area contributed by atoms with Gasteiger partial charge in [0.1, 0.15) is 5.82 Å². The van der Waals surface area contributed by atoms with Crippen LogP contribution in [0.4, 0.5) is 19.0 Å². The number of benzene rings is 1. The monoisotopic (exact) mass is 313 g/mol. The first-order chi connectivity index (χ1) is 10.4. The van der Waals surface area contributed by atoms with E-state index in [1.54, 1.807) is 7.05 Å². The maximum Gasteiger partial charge on any atom is 0.417 e. The molecule has 0 spiro atoms. The number of fused-ring (bicyclic) bond motifs is 1. The first-order valence-corrected chi connectivity index (χ1v) is 6.67. The molecule has 5 nitrogen and oxygen atoms in total. The lowest BCUT2D eigenvalue weighted by atomic mass is 10.0. The van der Waals surface area contributed by atoms with Crippen molar-refractivity contribution in [2.24, 2.45) is 7.05 Å². The van der Waals surface area contributed by atoms with Crippen molar-refractivity contribution >= 4 is 5.82 Å². The minimum absolute atomic E-state index is 0.0796. The van der Waals surface area contributed by atoms with Gasteiger partial charge in [-0.25, -0.2) is 0 Å². The molecule has 2 N–H and O–H groups in total. The molecule has 0 amide bonds. The highest BCUT2D eigenvalue weighted by molar-refractivity contribution is 5.71. The fourth-order valence-electron chi connectivity index (χ4n) is 2.27. The van der Waals surface area contributed by atoms with E-state index in [2.05, 4.69) is 5.10 Å². The number of hydrogen-bond acceptors (Lipinski definition) is 4. The highest BCUT2D eigenvalue weighted by Gasteiger charge is 2.36. The third kappa shape index (κ3) is 2.56. The van der Waals surface area contributed by atoms with Gasteiger partial charge in [-0.05, 0) is 12.1 Å². The summed E-state index contributed by atoms with van der Waals surface area (Å²) >= 11 is 0. The Balaban J connectivity index is 2.20. The molecule has 0 atom stereocenters. The normalized spacial score (nSPS) is 14.7. The number of nitrogens with zero attached hydrogens (tertiary/aromatic N) is 2.